The van der Waals surface area contributed by atoms with Crippen molar-refractivity contribution in [3.8, 4) is 0 Å². The van der Waals surface area contributed by atoms with Crippen LogP contribution in [-0.4, -0.2) is 0 Å². The molecule has 0 heterocycles. The highest BCUT2D eigenvalue weighted by atomic mass is 14.5. The standard InChI is InChI=1S/C10H18/c1-3-8-4-9-6-10(5-8)7(9)2/h7-10H,3-6H2,1-2H3/i3D2,4D2,5D2,6D2,7D,8D,9D,10D. The van der Waals surface area contributed by atoms with Crippen LogP contribution in [-0.2, 0) is 0 Å². The maximum absolute atomic E-state index is 8.23. The summed E-state index contributed by atoms with van der Waals surface area (Å²) >= 11 is 0. The summed E-state index contributed by atoms with van der Waals surface area (Å²) in [6.07, 6.45) is -12.5. The lowest BCUT2D eigenvalue weighted by Gasteiger charge is -2.51. The van der Waals surface area contributed by atoms with E-state index in [0.29, 0.717) is 0 Å². The second kappa shape index (κ2) is 2.25. The minimum absolute atomic E-state index is 0.782. The number of rotatable bonds is 1. The fourth-order valence-corrected chi connectivity index (χ4v) is 1.03. The SMILES string of the molecule is [2H]C([2H])(C)C1([2H])C([2H])([2H])C2([2H])C([2H])([2H])C([2H])(C1([2H])[2H])C2([2H])C. The van der Waals surface area contributed by atoms with E-state index in [1.54, 1.807) is 0 Å². The molecule has 58 valence electrons. The normalized spacial score (nSPS) is 116. The third-order valence-electron chi connectivity index (χ3n) is 1.75. The fraction of sp³-hybridized carbons (Fsp3) is 1.00. The quantitative estimate of drug-likeness (QED) is 0.539. The van der Waals surface area contributed by atoms with Gasteiger partial charge in [-0.1, -0.05) is 20.2 Å². The molecule has 0 radical (unpaired) electrons. The summed E-state index contributed by atoms with van der Waals surface area (Å²) in [4.78, 5) is 0. The highest BCUT2D eigenvalue weighted by Gasteiger charge is 2.43. The summed E-state index contributed by atoms with van der Waals surface area (Å²) in [7, 11) is 0. The summed E-state index contributed by atoms with van der Waals surface area (Å²) in [6.45, 7) is 1.69. The van der Waals surface area contributed by atoms with Crippen molar-refractivity contribution in [2.45, 2.75) is 39.3 Å². The first-order valence-electron chi connectivity index (χ1n) is 9.25. The summed E-state index contributed by atoms with van der Waals surface area (Å²) < 4.78 is 96.5. The molecule has 0 saturated heterocycles. The molecule has 3 aliphatic rings. The Balaban J connectivity index is 2.97. The number of fused-ring (bicyclic) bond motifs is 2. The molecule has 0 aliphatic heterocycles. The second-order valence-electron chi connectivity index (χ2n) is 2.38. The molecular weight excluding hydrogens is 120 g/mol. The Morgan fingerprint density at radius 3 is 2.50 bits per heavy atom. The van der Waals surface area contributed by atoms with Crippen LogP contribution in [0.3, 0.4) is 0 Å². The van der Waals surface area contributed by atoms with Crippen LogP contribution in [0.1, 0.15) is 55.8 Å². The fourth-order valence-electron chi connectivity index (χ4n) is 1.03. The summed E-state index contributed by atoms with van der Waals surface area (Å²) in [5.74, 6) is -11.6. The van der Waals surface area contributed by atoms with Crippen molar-refractivity contribution in [3.05, 3.63) is 0 Å². The molecule has 3 rings (SSSR count). The molecule has 0 nitrogen and oxygen atoms in total. The van der Waals surface area contributed by atoms with E-state index in [1.165, 1.54) is 0 Å². The van der Waals surface area contributed by atoms with Gasteiger partial charge in [-0.3, -0.25) is 0 Å². The molecular formula is C10H18. The number of hydrogen-bond acceptors (Lipinski definition) is 0. The van der Waals surface area contributed by atoms with Crippen LogP contribution in [0.15, 0.2) is 0 Å². The van der Waals surface area contributed by atoms with Crippen molar-refractivity contribution in [2.24, 2.45) is 23.6 Å². The molecule has 0 amide bonds. The van der Waals surface area contributed by atoms with E-state index >= 15 is 0 Å². The molecule has 3 aliphatic carbocycles. The van der Waals surface area contributed by atoms with Gasteiger partial charge in [-0.25, -0.2) is 0 Å². The van der Waals surface area contributed by atoms with E-state index in [4.69, 9.17) is 16.4 Å². The van der Waals surface area contributed by atoms with E-state index in [1.807, 2.05) is 0 Å². The molecule has 0 aromatic heterocycles. The van der Waals surface area contributed by atoms with Gasteiger partial charge in [-0.15, -0.1) is 0 Å². The van der Waals surface area contributed by atoms with Crippen LogP contribution in [0.5, 0.6) is 0 Å². The van der Waals surface area contributed by atoms with Crippen LogP contribution < -0.4 is 0 Å². The first-order valence-corrected chi connectivity index (χ1v) is 3.25. The van der Waals surface area contributed by atoms with Crippen LogP contribution in [0.25, 0.3) is 0 Å². The first kappa shape index (κ1) is 1.53. The van der Waals surface area contributed by atoms with Gasteiger partial charge in [0.15, 0.2) is 0 Å². The van der Waals surface area contributed by atoms with Gasteiger partial charge >= 0.3 is 0 Å². The minimum atomic E-state index is -3.34. The zero-order chi connectivity index (χ0) is 18.0. The maximum atomic E-state index is 8.23. The van der Waals surface area contributed by atoms with Gasteiger partial charge in [0.2, 0.25) is 0 Å². The Morgan fingerprint density at radius 1 is 1.50 bits per heavy atom. The molecule has 2 bridgehead atoms. The predicted molar refractivity (Wildman–Crippen MR) is 43.8 cm³/mol. The average molecular weight is 150 g/mol. The molecule has 0 heteroatoms. The highest BCUT2D eigenvalue weighted by molar-refractivity contribution is 4.93. The smallest absolute Gasteiger partial charge is 0.0306 e. The van der Waals surface area contributed by atoms with Crippen LogP contribution >= 0.6 is 0 Å². The summed E-state index contributed by atoms with van der Waals surface area (Å²) in [6, 6.07) is 0. The van der Waals surface area contributed by atoms with Crippen LogP contribution in [0, 0.1) is 23.6 Å². The number of hydrogen-bond donors (Lipinski definition) is 0. The lowest BCUT2D eigenvalue weighted by atomic mass is 9.55. The van der Waals surface area contributed by atoms with Crippen LogP contribution in [0.2, 0.25) is 0 Å². The van der Waals surface area contributed by atoms with Crippen molar-refractivity contribution in [1.29, 1.82) is 0 Å². The topological polar surface area (TPSA) is 0 Å². The second-order valence-corrected chi connectivity index (χ2v) is 2.38. The Morgan fingerprint density at radius 2 is 2.10 bits per heavy atom. The lowest BCUT2D eigenvalue weighted by molar-refractivity contribution is -0.00792. The average Bonchev–Trinajstić information content (AvgIpc) is 2.30. The maximum Gasteiger partial charge on any atom is 0.0306 e. The van der Waals surface area contributed by atoms with Gasteiger partial charge in [0.1, 0.15) is 0 Å². The van der Waals surface area contributed by atoms with Gasteiger partial charge in [0.05, 0.1) is 0 Å². The third kappa shape index (κ3) is 0.810. The van der Waals surface area contributed by atoms with E-state index < -0.39 is 49.1 Å². The lowest BCUT2D eigenvalue weighted by Crippen LogP contribution is -2.42. The Kier molecular flexibility index (Phi) is 0.345. The Hall–Kier alpha value is 0. The molecule has 0 spiro atoms. The molecule has 0 aromatic carbocycles. The van der Waals surface area contributed by atoms with Gasteiger partial charge in [-0.2, -0.15) is 0 Å². The molecule has 0 N–H and O–H groups in total. The van der Waals surface area contributed by atoms with Crippen molar-refractivity contribution in [1.82, 2.24) is 0 Å². The largest absolute Gasteiger partial charge is 0.0651 e. The van der Waals surface area contributed by atoms with Crippen molar-refractivity contribution < 1.29 is 16.4 Å². The van der Waals surface area contributed by atoms with E-state index in [2.05, 4.69) is 0 Å². The predicted octanol–water partition coefficient (Wildman–Crippen LogP) is 3.08. The van der Waals surface area contributed by atoms with Gasteiger partial charge < -0.3 is 0 Å². The Bertz CT molecular complexity index is 477. The van der Waals surface area contributed by atoms with Crippen molar-refractivity contribution in [3.63, 3.8) is 0 Å². The molecule has 10 heavy (non-hydrogen) atoms. The monoisotopic (exact) mass is 150 g/mol. The molecule has 2 unspecified atom stereocenters. The van der Waals surface area contributed by atoms with Crippen LogP contribution in [0.4, 0.5) is 0 Å². The molecule has 2 atom stereocenters. The summed E-state index contributed by atoms with van der Waals surface area (Å²) in [5, 5.41) is 0. The molecule has 0 aromatic rings. The Labute approximate surface area is 80.9 Å². The first-order chi connectivity index (χ1) is 9.25. The van der Waals surface area contributed by atoms with Gasteiger partial charge in [0, 0.05) is 16.4 Å². The van der Waals surface area contributed by atoms with Crippen molar-refractivity contribution in [2.75, 3.05) is 0 Å². The van der Waals surface area contributed by atoms with Crippen molar-refractivity contribution >= 4 is 0 Å². The zero-order valence-corrected chi connectivity index (χ0v) is 6.00. The van der Waals surface area contributed by atoms with Gasteiger partial charge in [-0.05, 0) is 42.7 Å². The minimum Gasteiger partial charge on any atom is -0.0651 e. The van der Waals surface area contributed by atoms with E-state index in [9.17, 15) is 0 Å². The van der Waals surface area contributed by atoms with E-state index in [-0.39, 0.29) is 0 Å². The zero-order valence-electron chi connectivity index (χ0n) is 18.0. The summed E-state index contributed by atoms with van der Waals surface area (Å²) in [5.41, 5.74) is 0. The third-order valence-corrected chi connectivity index (χ3v) is 1.75. The van der Waals surface area contributed by atoms with Gasteiger partial charge in [0.25, 0.3) is 0 Å². The van der Waals surface area contributed by atoms with E-state index in [0.717, 1.165) is 13.8 Å². The molecule has 3 fully saturated rings. The molecule has 3 saturated carbocycles. The highest BCUT2D eigenvalue weighted by Crippen LogP contribution is 2.52.